The number of para-hydroxylation sites is 1. The highest BCUT2D eigenvalue weighted by atomic mass is 16.6. The number of rotatable bonds is 1. The van der Waals surface area contributed by atoms with Crippen molar-refractivity contribution < 1.29 is 23.8 Å². The van der Waals surface area contributed by atoms with Crippen molar-refractivity contribution in [3.05, 3.63) is 42.0 Å². The lowest BCUT2D eigenvalue weighted by Gasteiger charge is -2.40. The number of hydrogen-bond donors (Lipinski definition) is 0. The van der Waals surface area contributed by atoms with E-state index in [1.54, 1.807) is 41.5 Å². The molecule has 0 spiro atoms. The molecular formula is C23H31NO5. The molecule has 0 saturated carbocycles. The maximum absolute atomic E-state index is 12.9. The number of carbonyl (C=O) groups excluding carboxylic acids is 2. The summed E-state index contributed by atoms with van der Waals surface area (Å²) in [5, 5.41) is 0. The lowest BCUT2D eigenvalue weighted by molar-refractivity contribution is -0.00588. The lowest BCUT2D eigenvalue weighted by Crippen LogP contribution is -2.50. The largest absolute Gasteiger partial charge is 0.493 e. The molecule has 29 heavy (non-hydrogen) atoms. The molecule has 0 aromatic heterocycles. The van der Waals surface area contributed by atoms with Crippen molar-refractivity contribution in [2.24, 2.45) is 5.92 Å². The van der Waals surface area contributed by atoms with E-state index in [9.17, 15) is 9.59 Å². The molecule has 1 aliphatic carbocycles. The van der Waals surface area contributed by atoms with Gasteiger partial charge in [-0.3, -0.25) is 0 Å². The van der Waals surface area contributed by atoms with E-state index in [2.05, 4.69) is 0 Å². The number of nitrogens with zero attached hydrogens (tertiary/aromatic N) is 1. The summed E-state index contributed by atoms with van der Waals surface area (Å²) in [7, 11) is 0. The zero-order valence-corrected chi connectivity index (χ0v) is 18.1. The first-order valence-electron chi connectivity index (χ1n) is 10.1. The Kier molecular flexibility index (Phi) is 5.65. The third kappa shape index (κ3) is 5.11. The molecule has 1 aliphatic heterocycles. The minimum Gasteiger partial charge on any atom is -0.493 e. The van der Waals surface area contributed by atoms with Crippen LogP contribution in [0.4, 0.5) is 9.59 Å². The van der Waals surface area contributed by atoms with Gasteiger partial charge in [0.05, 0.1) is 12.6 Å². The van der Waals surface area contributed by atoms with Gasteiger partial charge in [-0.2, -0.15) is 0 Å². The van der Waals surface area contributed by atoms with Crippen molar-refractivity contribution in [2.45, 2.75) is 71.1 Å². The van der Waals surface area contributed by atoms with Crippen LogP contribution >= 0.6 is 0 Å². The van der Waals surface area contributed by atoms with Gasteiger partial charge < -0.3 is 14.2 Å². The van der Waals surface area contributed by atoms with Gasteiger partial charge in [-0.05, 0) is 65.5 Å². The summed E-state index contributed by atoms with van der Waals surface area (Å²) in [6, 6.07) is 7.49. The lowest BCUT2D eigenvalue weighted by atomic mass is 9.76. The number of fused-ring (bicyclic) bond motifs is 3. The van der Waals surface area contributed by atoms with Gasteiger partial charge in [-0.25, -0.2) is 14.5 Å². The molecule has 0 saturated heterocycles. The molecule has 1 aromatic rings. The van der Waals surface area contributed by atoms with Gasteiger partial charge >= 0.3 is 12.2 Å². The standard InChI is InChI=1S/C23H31NO5/c1-22(2,3)28-20(25)24(21(26)29-23(4,5)6)16-12-11-15-14-27-19-10-8-7-9-17(19)18(15)13-16/h7-12,15-16,18H,13-14H2,1-6H3/t15-,16+,18-/m1/s1. The Morgan fingerprint density at radius 2 is 1.55 bits per heavy atom. The van der Waals surface area contributed by atoms with E-state index in [0.717, 1.165) is 16.2 Å². The van der Waals surface area contributed by atoms with Gasteiger partial charge in [0.15, 0.2) is 0 Å². The highest BCUT2D eigenvalue weighted by molar-refractivity contribution is 5.89. The fraction of sp³-hybridized carbons (Fsp3) is 0.565. The fourth-order valence-electron chi connectivity index (χ4n) is 3.71. The molecule has 1 aromatic carbocycles. The predicted molar refractivity (Wildman–Crippen MR) is 110 cm³/mol. The van der Waals surface area contributed by atoms with Gasteiger partial charge in [0.2, 0.25) is 0 Å². The van der Waals surface area contributed by atoms with Crippen LogP contribution < -0.4 is 4.74 Å². The van der Waals surface area contributed by atoms with Crippen LogP contribution in [0.3, 0.4) is 0 Å². The second-order valence-electron chi connectivity index (χ2n) is 9.64. The van der Waals surface area contributed by atoms with Crippen molar-refractivity contribution >= 4 is 12.2 Å². The molecular weight excluding hydrogens is 370 g/mol. The van der Waals surface area contributed by atoms with E-state index in [4.69, 9.17) is 14.2 Å². The third-order valence-corrected chi connectivity index (χ3v) is 4.85. The van der Waals surface area contributed by atoms with Gasteiger partial charge in [-0.1, -0.05) is 30.4 Å². The summed E-state index contributed by atoms with van der Waals surface area (Å²) in [4.78, 5) is 27.0. The molecule has 2 aliphatic rings. The molecule has 2 amide bonds. The maximum Gasteiger partial charge on any atom is 0.420 e. The second-order valence-corrected chi connectivity index (χ2v) is 9.64. The van der Waals surface area contributed by atoms with Crippen LogP contribution in [-0.2, 0) is 9.47 Å². The predicted octanol–water partition coefficient (Wildman–Crippen LogP) is 5.28. The van der Waals surface area contributed by atoms with Crippen LogP contribution in [0.1, 0.15) is 59.4 Å². The van der Waals surface area contributed by atoms with Crippen molar-refractivity contribution in [3.63, 3.8) is 0 Å². The van der Waals surface area contributed by atoms with E-state index in [1.165, 1.54) is 0 Å². The smallest absolute Gasteiger partial charge is 0.420 e. The first kappa shape index (κ1) is 21.2. The van der Waals surface area contributed by atoms with E-state index in [0.29, 0.717) is 13.0 Å². The van der Waals surface area contributed by atoms with Gasteiger partial charge in [0, 0.05) is 5.92 Å². The summed E-state index contributed by atoms with van der Waals surface area (Å²) in [5.74, 6) is 1.23. The van der Waals surface area contributed by atoms with Crippen LogP contribution in [-0.4, -0.2) is 40.9 Å². The Bertz CT molecular complexity index is 774. The molecule has 0 radical (unpaired) electrons. The Morgan fingerprint density at radius 1 is 0.966 bits per heavy atom. The molecule has 1 heterocycles. The summed E-state index contributed by atoms with van der Waals surface area (Å²) < 4.78 is 16.9. The molecule has 6 nitrogen and oxygen atoms in total. The Hall–Kier alpha value is -2.50. The van der Waals surface area contributed by atoms with E-state index >= 15 is 0 Å². The summed E-state index contributed by atoms with van der Waals surface area (Å²) in [6.45, 7) is 11.3. The molecule has 3 rings (SSSR count). The van der Waals surface area contributed by atoms with Crippen LogP contribution in [0, 0.1) is 5.92 Å². The van der Waals surface area contributed by atoms with Crippen molar-refractivity contribution in [1.82, 2.24) is 4.90 Å². The number of imide groups is 1. The number of carbonyl (C=O) groups is 2. The van der Waals surface area contributed by atoms with Crippen LogP contribution in [0.5, 0.6) is 5.75 Å². The van der Waals surface area contributed by atoms with E-state index in [-0.39, 0.29) is 11.8 Å². The summed E-state index contributed by atoms with van der Waals surface area (Å²) >= 11 is 0. The van der Waals surface area contributed by atoms with Crippen LogP contribution in [0.15, 0.2) is 36.4 Å². The maximum atomic E-state index is 12.9. The third-order valence-electron chi connectivity index (χ3n) is 4.85. The first-order valence-corrected chi connectivity index (χ1v) is 10.1. The van der Waals surface area contributed by atoms with Crippen molar-refractivity contribution in [3.8, 4) is 5.75 Å². The van der Waals surface area contributed by atoms with Crippen LogP contribution in [0.25, 0.3) is 0 Å². The quantitative estimate of drug-likeness (QED) is 0.599. The molecule has 0 fully saturated rings. The topological polar surface area (TPSA) is 65.1 Å². The number of benzene rings is 1. The number of ether oxygens (including phenoxy) is 3. The van der Waals surface area contributed by atoms with Crippen LogP contribution in [0.2, 0.25) is 0 Å². The molecule has 0 unspecified atom stereocenters. The molecule has 3 atom stereocenters. The minimum atomic E-state index is -0.719. The molecule has 0 N–H and O–H groups in total. The Balaban J connectivity index is 1.89. The second kappa shape index (κ2) is 7.73. The van der Waals surface area contributed by atoms with E-state index in [1.807, 2.05) is 36.4 Å². The Morgan fingerprint density at radius 3 is 2.14 bits per heavy atom. The Labute approximate surface area is 172 Å². The number of hydrogen-bond acceptors (Lipinski definition) is 5. The molecule has 158 valence electrons. The summed E-state index contributed by atoms with van der Waals surface area (Å²) in [5.41, 5.74) is -0.334. The van der Waals surface area contributed by atoms with Crippen molar-refractivity contribution in [1.29, 1.82) is 0 Å². The van der Waals surface area contributed by atoms with E-state index < -0.39 is 29.4 Å². The first-order chi connectivity index (χ1) is 13.4. The average molecular weight is 402 g/mol. The minimum absolute atomic E-state index is 0.155. The molecule has 0 bridgehead atoms. The highest BCUT2D eigenvalue weighted by Crippen LogP contribution is 2.43. The summed E-state index contributed by atoms with van der Waals surface area (Å²) in [6.07, 6.45) is 3.14. The van der Waals surface area contributed by atoms with Gasteiger partial charge in [0.25, 0.3) is 0 Å². The monoisotopic (exact) mass is 401 g/mol. The zero-order valence-electron chi connectivity index (χ0n) is 18.1. The normalized spacial score (nSPS) is 23.3. The van der Waals surface area contributed by atoms with Crippen molar-refractivity contribution in [2.75, 3.05) is 6.61 Å². The zero-order chi connectivity index (χ0) is 21.4. The molecule has 6 heteroatoms. The highest BCUT2D eigenvalue weighted by Gasteiger charge is 2.41. The fourth-order valence-corrected chi connectivity index (χ4v) is 3.71. The SMILES string of the molecule is CC(C)(C)OC(=O)N(C(=O)OC(C)(C)C)[C@H]1C=C[C@@H]2COc3ccccc3[C@@H]2C1. The average Bonchev–Trinajstić information content (AvgIpc) is 2.58. The van der Waals surface area contributed by atoms with Gasteiger partial charge in [-0.15, -0.1) is 0 Å². The van der Waals surface area contributed by atoms with Gasteiger partial charge in [0.1, 0.15) is 17.0 Å². The number of amides is 2.